The molecule has 1 aliphatic heterocycles. The molecule has 0 spiro atoms. The molecule has 1 saturated heterocycles. The first-order chi connectivity index (χ1) is 10.0. The van der Waals surface area contributed by atoms with Crippen molar-refractivity contribution in [3.63, 3.8) is 0 Å². The zero-order valence-corrected chi connectivity index (χ0v) is 12.6. The molecular formula is C14H21N3O4. The van der Waals surface area contributed by atoms with Crippen LogP contribution in [0.2, 0.25) is 0 Å². The first-order valence-electron chi connectivity index (χ1n) is 6.96. The minimum atomic E-state index is -0.612. The Hall–Kier alpha value is -1.89. The second-order valence-corrected chi connectivity index (χ2v) is 5.32. The highest BCUT2D eigenvalue weighted by molar-refractivity contribution is 5.93. The molecule has 7 nitrogen and oxygen atoms in total. The zero-order valence-electron chi connectivity index (χ0n) is 12.6. The molecule has 116 valence electrons. The van der Waals surface area contributed by atoms with E-state index in [4.69, 9.17) is 9.15 Å². The van der Waals surface area contributed by atoms with Crippen molar-refractivity contribution >= 4 is 11.8 Å². The molecule has 2 heterocycles. The van der Waals surface area contributed by atoms with Crippen molar-refractivity contribution in [3.05, 3.63) is 17.8 Å². The quantitative estimate of drug-likeness (QED) is 0.866. The van der Waals surface area contributed by atoms with Crippen LogP contribution in [0.25, 0.3) is 0 Å². The van der Waals surface area contributed by atoms with Crippen LogP contribution < -0.4 is 5.32 Å². The minimum Gasteiger partial charge on any atom is -0.448 e. The molecule has 2 amide bonds. The summed E-state index contributed by atoms with van der Waals surface area (Å²) in [6.07, 6.45) is 3.15. The first-order valence-corrected chi connectivity index (χ1v) is 6.96. The van der Waals surface area contributed by atoms with E-state index in [0.717, 1.165) is 12.8 Å². The van der Waals surface area contributed by atoms with E-state index in [1.165, 1.54) is 6.26 Å². The monoisotopic (exact) mass is 295 g/mol. The predicted octanol–water partition coefficient (Wildman–Crippen LogP) is 0.740. The van der Waals surface area contributed by atoms with Gasteiger partial charge in [0.05, 0.1) is 18.6 Å². The lowest BCUT2D eigenvalue weighted by molar-refractivity contribution is -0.123. The summed E-state index contributed by atoms with van der Waals surface area (Å²) in [5.41, 5.74) is -0.342. The molecule has 0 aromatic carbocycles. The van der Waals surface area contributed by atoms with Crippen molar-refractivity contribution in [1.29, 1.82) is 0 Å². The number of aromatic nitrogens is 1. The van der Waals surface area contributed by atoms with Gasteiger partial charge in [-0.3, -0.25) is 9.59 Å². The first kappa shape index (κ1) is 15.5. The summed E-state index contributed by atoms with van der Waals surface area (Å²) in [6.45, 7) is 2.60. The molecule has 7 heteroatoms. The standard InChI is InChI=1S/C14H21N3O4/c1-10-16-11(8-21-10)13(19)17-6-4-5-14(17,9-20-3)7-12(18)15-2/h8H,4-7,9H2,1-3H3,(H,15,18)/t14-/m0/s1. The summed E-state index contributed by atoms with van der Waals surface area (Å²) in [5.74, 6) is 0.120. The predicted molar refractivity (Wildman–Crippen MR) is 74.8 cm³/mol. The number of carbonyl (C=O) groups is 2. The van der Waals surface area contributed by atoms with Crippen LogP contribution in [0.15, 0.2) is 10.7 Å². The van der Waals surface area contributed by atoms with Gasteiger partial charge in [-0.15, -0.1) is 0 Å². The van der Waals surface area contributed by atoms with Gasteiger partial charge in [0.2, 0.25) is 5.91 Å². The number of nitrogens with zero attached hydrogens (tertiary/aromatic N) is 2. The van der Waals surface area contributed by atoms with E-state index in [1.807, 2.05) is 0 Å². The van der Waals surface area contributed by atoms with Gasteiger partial charge in [0.15, 0.2) is 11.6 Å². The molecule has 0 aliphatic carbocycles. The number of oxazole rings is 1. The van der Waals surface area contributed by atoms with Crippen LogP contribution in [0, 0.1) is 6.92 Å². The average Bonchev–Trinajstić information content (AvgIpc) is 3.05. The molecule has 1 N–H and O–H groups in total. The number of hydrogen-bond donors (Lipinski definition) is 1. The van der Waals surface area contributed by atoms with Crippen LogP contribution in [0.4, 0.5) is 0 Å². The van der Waals surface area contributed by atoms with Gasteiger partial charge in [0, 0.05) is 27.6 Å². The van der Waals surface area contributed by atoms with Crippen LogP contribution in [-0.4, -0.2) is 54.5 Å². The number of likely N-dealkylation sites (tertiary alicyclic amines) is 1. The SMILES string of the molecule is CNC(=O)C[C@]1(COC)CCCN1C(=O)c1coc(C)n1. The molecule has 1 atom stereocenters. The van der Waals surface area contributed by atoms with Gasteiger partial charge in [-0.25, -0.2) is 4.98 Å². The van der Waals surface area contributed by atoms with E-state index in [2.05, 4.69) is 10.3 Å². The van der Waals surface area contributed by atoms with E-state index in [9.17, 15) is 9.59 Å². The topological polar surface area (TPSA) is 84.7 Å². The van der Waals surface area contributed by atoms with Crippen molar-refractivity contribution < 1.29 is 18.7 Å². The summed E-state index contributed by atoms with van der Waals surface area (Å²) in [5, 5.41) is 2.61. The lowest BCUT2D eigenvalue weighted by Gasteiger charge is -2.37. The molecule has 1 aromatic heterocycles. The molecule has 0 radical (unpaired) electrons. The molecule has 2 rings (SSSR count). The van der Waals surface area contributed by atoms with Crippen molar-refractivity contribution in [3.8, 4) is 0 Å². The summed E-state index contributed by atoms with van der Waals surface area (Å²) >= 11 is 0. The van der Waals surface area contributed by atoms with Crippen molar-refractivity contribution in [1.82, 2.24) is 15.2 Å². The Morgan fingerprint density at radius 3 is 2.90 bits per heavy atom. The van der Waals surface area contributed by atoms with Gasteiger partial charge in [-0.2, -0.15) is 0 Å². The highest BCUT2D eigenvalue weighted by Gasteiger charge is 2.45. The van der Waals surface area contributed by atoms with Crippen LogP contribution in [0.3, 0.4) is 0 Å². The van der Waals surface area contributed by atoms with E-state index in [1.54, 1.807) is 26.0 Å². The average molecular weight is 295 g/mol. The van der Waals surface area contributed by atoms with Crippen molar-refractivity contribution in [2.45, 2.75) is 31.7 Å². The van der Waals surface area contributed by atoms with Crippen molar-refractivity contribution in [2.24, 2.45) is 0 Å². The van der Waals surface area contributed by atoms with Gasteiger partial charge in [-0.05, 0) is 12.8 Å². The fourth-order valence-corrected chi connectivity index (χ4v) is 2.90. The third-order valence-electron chi connectivity index (χ3n) is 3.86. The van der Waals surface area contributed by atoms with Crippen LogP contribution in [0.1, 0.15) is 35.6 Å². The van der Waals surface area contributed by atoms with Gasteiger partial charge < -0.3 is 19.4 Å². The van der Waals surface area contributed by atoms with E-state index in [-0.39, 0.29) is 23.9 Å². The maximum absolute atomic E-state index is 12.6. The Kier molecular flexibility index (Phi) is 4.62. The van der Waals surface area contributed by atoms with Gasteiger partial charge >= 0.3 is 0 Å². The number of amides is 2. The van der Waals surface area contributed by atoms with Crippen molar-refractivity contribution in [2.75, 3.05) is 27.3 Å². The van der Waals surface area contributed by atoms with Gasteiger partial charge in [0.25, 0.3) is 5.91 Å². The maximum atomic E-state index is 12.6. The molecule has 0 bridgehead atoms. The smallest absolute Gasteiger partial charge is 0.276 e. The molecule has 1 aliphatic rings. The fourth-order valence-electron chi connectivity index (χ4n) is 2.90. The Labute approximate surface area is 123 Å². The van der Waals surface area contributed by atoms with Gasteiger partial charge in [-0.1, -0.05) is 0 Å². The van der Waals surface area contributed by atoms with Crippen LogP contribution in [0.5, 0.6) is 0 Å². The van der Waals surface area contributed by atoms with E-state index in [0.29, 0.717) is 19.0 Å². The minimum absolute atomic E-state index is 0.108. The second kappa shape index (κ2) is 6.26. The summed E-state index contributed by atoms with van der Waals surface area (Å²) < 4.78 is 10.4. The summed E-state index contributed by atoms with van der Waals surface area (Å²) in [7, 11) is 3.16. The highest BCUT2D eigenvalue weighted by atomic mass is 16.5. The zero-order chi connectivity index (χ0) is 15.5. The molecule has 21 heavy (non-hydrogen) atoms. The number of nitrogens with one attached hydrogen (secondary N) is 1. The Bertz CT molecular complexity index is 528. The molecule has 1 aromatic rings. The van der Waals surface area contributed by atoms with Gasteiger partial charge in [0.1, 0.15) is 6.26 Å². The Morgan fingerprint density at radius 1 is 1.57 bits per heavy atom. The molecule has 0 saturated carbocycles. The largest absolute Gasteiger partial charge is 0.448 e. The third kappa shape index (κ3) is 3.07. The summed E-state index contributed by atoms with van der Waals surface area (Å²) in [4.78, 5) is 30.2. The Morgan fingerprint density at radius 2 is 2.33 bits per heavy atom. The summed E-state index contributed by atoms with van der Waals surface area (Å²) in [6, 6.07) is 0. The fraction of sp³-hybridized carbons (Fsp3) is 0.643. The van der Waals surface area contributed by atoms with Crippen LogP contribution >= 0.6 is 0 Å². The lowest BCUT2D eigenvalue weighted by Crippen LogP contribution is -2.52. The maximum Gasteiger partial charge on any atom is 0.276 e. The number of hydrogen-bond acceptors (Lipinski definition) is 5. The normalized spacial score (nSPS) is 21.6. The number of ether oxygens (including phenoxy) is 1. The molecule has 1 fully saturated rings. The second-order valence-electron chi connectivity index (χ2n) is 5.32. The number of rotatable bonds is 5. The number of aryl methyl sites for hydroxylation is 1. The third-order valence-corrected chi connectivity index (χ3v) is 3.86. The van der Waals surface area contributed by atoms with Crippen LogP contribution in [-0.2, 0) is 9.53 Å². The molecular weight excluding hydrogens is 274 g/mol. The lowest BCUT2D eigenvalue weighted by atomic mass is 9.92. The van der Waals surface area contributed by atoms with E-state index < -0.39 is 5.54 Å². The number of methoxy groups -OCH3 is 1. The van der Waals surface area contributed by atoms with E-state index >= 15 is 0 Å². The molecule has 0 unspecified atom stereocenters. The Balaban J connectivity index is 2.26. The number of carbonyl (C=O) groups excluding carboxylic acids is 2. The highest BCUT2D eigenvalue weighted by Crippen LogP contribution is 2.34.